The number of thiophene rings is 1. The molecule has 5 heteroatoms. The van der Waals surface area contributed by atoms with Crippen molar-refractivity contribution in [2.45, 2.75) is 38.1 Å². The van der Waals surface area contributed by atoms with E-state index in [0.717, 1.165) is 43.6 Å². The molecule has 1 saturated heterocycles. The molecule has 1 N–H and O–H groups in total. The van der Waals surface area contributed by atoms with Crippen molar-refractivity contribution in [3.8, 4) is 0 Å². The predicted molar refractivity (Wildman–Crippen MR) is 78.7 cm³/mol. The second-order valence-corrected chi connectivity index (χ2v) is 6.63. The number of carbonyl (C=O) groups excluding carboxylic acids is 2. The van der Waals surface area contributed by atoms with Crippen molar-refractivity contribution in [1.29, 1.82) is 0 Å². The van der Waals surface area contributed by atoms with E-state index >= 15 is 0 Å². The van der Waals surface area contributed by atoms with Crippen LogP contribution in [0.4, 0.5) is 0 Å². The molecule has 0 bridgehead atoms. The minimum absolute atomic E-state index is 0.0174. The summed E-state index contributed by atoms with van der Waals surface area (Å²) in [6.07, 6.45) is 5.07. The van der Waals surface area contributed by atoms with Gasteiger partial charge in [0.1, 0.15) is 0 Å². The molecule has 2 amide bonds. The van der Waals surface area contributed by atoms with E-state index in [1.807, 2.05) is 22.4 Å². The van der Waals surface area contributed by atoms with Crippen LogP contribution < -0.4 is 5.32 Å². The zero-order valence-corrected chi connectivity index (χ0v) is 12.3. The maximum absolute atomic E-state index is 12.1. The van der Waals surface area contributed by atoms with Gasteiger partial charge in [0.2, 0.25) is 5.91 Å². The topological polar surface area (TPSA) is 49.4 Å². The highest BCUT2D eigenvalue weighted by Crippen LogP contribution is 2.29. The van der Waals surface area contributed by atoms with Crippen molar-refractivity contribution < 1.29 is 9.59 Å². The second kappa shape index (κ2) is 5.95. The Labute approximate surface area is 123 Å². The summed E-state index contributed by atoms with van der Waals surface area (Å²) >= 11 is 1.46. The Bertz CT molecular complexity index is 474. The van der Waals surface area contributed by atoms with Crippen LogP contribution in [-0.4, -0.2) is 35.8 Å². The van der Waals surface area contributed by atoms with Crippen LogP contribution in [0.2, 0.25) is 0 Å². The van der Waals surface area contributed by atoms with Crippen molar-refractivity contribution in [2.75, 3.05) is 13.1 Å². The van der Waals surface area contributed by atoms with E-state index < -0.39 is 0 Å². The monoisotopic (exact) mass is 292 g/mol. The molecule has 1 aliphatic carbocycles. The first-order valence-electron chi connectivity index (χ1n) is 7.37. The van der Waals surface area contributed by atoms with Gasteiger partial charge < -0.3 is 10.2 Å². The number of nitrogens with one attached hydrogen (secondary N) is 1. The van der Waals surface area contributed by atoms with Gasteiger partial charge in [0.25, 0.3) is 5.91 Å². The molecule has 1 aliphatic heterocycles. The van der Waals surface area contributed by atoms with Gasteiger partial charge in [-0.05, 0) is 37.1 Å². The minimum atomic E-state index is 0.0174. The highest BCUT2D eigenvalue weighted by molar-refractivity contribution is 7.12. The van der Waals surface area contributed by atoms with E-state index in [4.69, 9.17) is 0 Å². The van der Waals surface area contributed by atoms with E-state index in [-0.39, 0.29) is 17.9 Å². The Hall–Kier alpha value is -1.36. The minimum Gasteiger partial charge on any atom is -0.348 e. The van der Waals surface area contributed by atoms with Crippen LogP contribution in [0.1, 0.15) is 41.8 Å². The van der Waals surface area contributed by atoms with E-state index in [1.54, 1.807) is 0 Å². The number of hydrogen-bond acceptors (Lipinski definition) is 3. The van der Waals surface area contributed by atoms with Crippen LogP contribution in [0.3, 0.4) is 0 Å². The Kier molecular flexibility index (Phi) is 4.05. The van der Waals surface area contributed by atoms with Crippen LogP contribution in [0.25, 0.3) is 0 Å². The van der Waals surface area contributed by atoms with Crippen LogP contribution in [0, 0.1) is 5.92 Å². The third kappa shape index (κ3) is 2.87. The number of carbonyl (C=O) groups is 2. The molecule has 3 rings (SSSR count). The molecule has 1 aromatic heterocycles. The molecule has 0 spiro atoms. The Morgan fingerprint density at radius 1 is 1.20 bits per heavy atom. The summed E-state index contributed by atoms with van der Waals surface area (Å²) in [4.78, 5) is 26.9. The zero-order valence-electron chi connectivity index (χ0n) is 11.5. The fourth-order valence-electron chi connectivity index (χ4n) is 2.82. The van der Waals surface area contributed by atoms with Crippen molar-refractivity contribution in [3.63, 3.8) is 0 Å². The molecule has 108 valence electrons. The van der Waals surface area contributed by atoms with Crippen molar-refractivity contribution in [1.82, 2.24) is 10.2 Å². The molecule has 20 heavy (non-hydrogen) atoms. The lowest BCUT2D eigenvalue weighted by atomic mass is 9.84. The summed E-state index contributed by atoms with van der Waals surface area (Å²) in [5.74, 6) is 0.635. The van der Waals surface area contributed by atoms with E-state index in [9.17, 15) is 9.59 Å². The second-order valence-electron chi connectivity index (χ2n) is 5.68. The molecule has 0 atom stereocenters. The van der Waals surface area contributed by atoms with Crippen LogP contribution in [0.5, 0.6) is 0 Å². The summed E-state index contributed by atoms with van der Waals surface area (Å²) in [7, 11) is 0. The lowest BCUT2D eigenvalue weighted by molar-refractivity contribution is -0.139. The Balaban J connectivity index is 1.46. The number of amides is 2. The van der Waals surface area contributed by atoms with Gasteiger partial charge in [0.15, 0.2) is 0 Å². The molecule has 0 radical (unpaired) electrons. The molecule has 2 aliphatic rings. The standard InChI is InChI=1S/C15H20N2O2S/c18-14(13-5-2-10-20-13)16-12-6-8-17(9-7-12)15(19)11-3-1-4-11/h2,5,10-12H,1,3-4,6-9H2,(H,16,18). The van der Waals surface area contributed by atoms with Crippen molar-refractivity contribution in [3.05, 3.63) is 22.4 Å². The highest BCUT2D eigenvalue weighted by atomic mass is 32.1. The number of piperidine rings is 1. The molecular formula is C15H20N2O2S. The SMILES string of the molecule is O=C(NC1CCN(C(=O)C2CCC2)CC1)c1cccs1. The lowest BCUT2D eigenvalue weighted by Crippen LogP contribution is -2.48. The van der Waals surface area contributed by atoms with Crippen LogP contribution in [0.15, 0.2) is 17.5 Å². The molecule has 2 fully saturated rings. The number of nitrogens with zero attached hydrogens (tertiary/aromatic N) is 1. The van der Waals surface area contributed by atoms with Gasteiger partial charge in [0, 0.05) is 25.0 Å². The quantitative estimate of drug-likeness (QED) is 0.929. The predicted octanol–water partition coefficient (Wildman–Crippen LogP) is 2.27. The highest BCUT2D eigenvalue weighted by Gasteiger charge is 2.31. The first-order chi connectivity index (χ1) is 9.74. The molecule has 4 nitrogen and oxygen atoms in total. The van der Waals surface area contributed by atoms with Gasteiger partial charge in [0.05, 0.1) is 4.88 Å². The average Bonchev–Trinajstić information content (AvgIpc) is 2.91. The summed E-state index contributed by atoms with van der Waals surface area (Å²) < 4.78 is 0. The van der Waals surface area contributed by atoms with Crippen molar-refractivity contribution >= 4 is 23.2 Å². The van der Waals surface area contributed by atoms with Gasteiger partial charge in [-0.3, -0.25) is 9.59 Å². The van der Waals surface area contributed by atoms with Crippen LogP contribution in [-0.2, 0) is 4.79 Å². The normalized spacial score (nSPS) is 20.5. The third-order valence-corrected chi connectivity index (χ3v) is 5.21. The van der Waals surface area contributed by atoms with Gasteiger partial charge >= 0.3 is 0 Å². The fourth-order valence-corrected chi connectivity index (χ4v) is 3.45. The summed E-state index contributed by atoms with van der Waals surface area (Å²) in [5, 5.41) is 4.98. The van der Waals surface area contributed by atoms with Gasteiger partial charge in [-0.25, -0.2) is 0 Å². The average molecular weight is 292 g/mol. The third-order valence-electron chi connectivity index (χ3n) is 4.34. The smallest absolute Gasteiger partial charge is 0.261 e. The Morgan fingerprint density at radius 2 is 1.95 bits per heavy atom. The van der Waals surface area contributed by atoms with Gasteiger partial charge in [-0.1, -0.05) is 12.5 Å². The van der Waals surface area contributed by atoms with Crippen molar-refractivity contribution in [2.24, 2.45) is 5.92 Å². The van der Waals surface area contributed by atoms with E-state index in [1.165, 1.54) is 17.8 Å². The zero-order chi connectivity index (χ0) is 13.9. The van der Waals surface area contributed by atoms with Gasteiger partial charge in [-0.2, -0.15) is 0 Å². The Morgan fingerprint density at radius 3 is 2.50 bits per heavy atom. The first kappa shape index (κ1) is 13.6. The largest absolute Gasteiger partial charge is 0.348 e. The molecule has 0 unspecified atom stereocenters. The summed E-state index contributed by atoms with van der Waals surface area (Å²) in [6.45, 7) is 1.56. The molecular weight excluding hydrogens is 272 g/mol. The summed E-state index contributed by atoms with van der Waals surface area (Å²) in [6, 6.07) is 3.93. The fraction of sp³-hybridized carbons (Fsp3) is 0.600. The van der Waals surface area contributed by atoms with Crippen LogP contribution >= 0.6 is 11.3 Å². The molecule has 1 saturated carbocycles. The lowest BCUT2D eigenvalue weighted by Gasteiger charge is -2.36. The maximum Gasteiger partial charge on any atom is 0.261 e. The molecule has 0 aromatic carbocycles. The van der Waals surface area contributed by atoms with E-state index in [0.29, 0.717) is 5.91 Å². The number of likely N-dealkylation sites (tertiary alicyclic amines) is 1. The van der Waals surface area contributed by atoms with E-state index in [2.05, 4.69) is 5.32 Å². The first-order valence-corrected chi connectivity index (χ1v) is 8.25. The summed E-state index contributed by atoms with van der Waals surface area (Å²) in [5.41, 5.74) is 0. The van der Waals surface area contributed by atoms with Gasteiger partial charge in [-0.15, -0.1) is 11.3 Å². The number of hydrogen-bond donors (Lipinski definition) is 1. The molecule has 1 aromatic rings. The number of rotatable bonds is 3. The molecule has 2 heterocycles. The maximum atomic E-state index is 12.1.